The highest BCUT2D eigenvalue weighted by atomic mass is 35.5. The summed E-state index contributed by atoms with van der Waals surface area (Å²) in [5, 5.41) is 0.753. The lowest BCUT2D eigenvalue weighted by Gasteiger charge is -2.27. The Morgan fingerprint density at radius 3 is 2.50 bits per heavy atom. The molecule has 0 aliphatic carbocycles. The lowest BCUT2D eigenvalue weighted by molar-refractivity contribution is 0.726. The predicted molar refractivity (Wildman–Crippen MR) is 85.1 cm³/mol. The van der Waals surface area contributed by atoms with Gasteiger partial charge in [-0.15, -0.1) is 0 Å². The molecule has 1 aromatic carbocycles. The summed E-state index contributed by atoms with van der Waals surface area (Å²) in [4.78, 5) is 6.74. The van der Waals surface area contributed by atoms with Gasteiger partial charge in [-0.2, -0.15) is 0 Å². The van der Waals surface area contributed by atoms with Gasteiger partial charge in [0.15, 0.2) is 0 Å². The van der Waals surface area contributed by atoms with Crippen LogP contribution in [0.1, 0.15) is 29.8 Å². The summed E-state index contributed by atoms with van der Waals surface area (Å²) in [6.07, 6.45) is 0. The Bertz CT molecular complexity index is 581. The number of aryl methyl sites for hydroxylation is 1. The highest BCUT2D eigenvalue weighted by Crippen LogP contribution is 2.25. The minimum atomic E-state index is 0.215. The largest absolute Gasteiger partial charge is 0.353 e. The zero-order valence-corrected chi connectivity index (χ0v) is 12.9. The molecule has 0 aliphatic rings. The Labute approximate surface area is 125 Å². The summed E-state index contributed by atoms with van der Waals surface area (Å²) in [7, 11) is 2.04. The number of halogens is 1. The predicted octanol–water partition coefficient (Wildman–Crippen LogP) is 3.70. The van der Waals surface area contributed by atoms with E-state index in [2.05, 4.69) is 16.8 Å². The number of anilines is 1. The van der Waals surface area contributed by atoms with E-state index in [0.29, 0.717) is 6.54 Å². The average Bonchev–Trinajstić information content (AvgIpc) is 2.45. The van der Waals surface area contributed by atoms with Gasteiger partial charge in [-0.3, -0.25) is 0 Å². The van der Waals surface area contributed by atoms with Gasteiger partial charge in [-0.25, -0.2) is 4.98 Å². The molecule has 0 saturated heterocycles. The van der Waals surface area contributed by atoms with Crippen LogP contribution in [0.25, 0.3) is 0 Å². The Morgan fingerprint density at radius 2 is 1.90 bits per heavy atom. The molecule has 2 N–H and O–H groups in total. The van der Waals surface area contributed by atoms with Crippen molar-refractivity contribution in [3.8, 4) is 0 Å². The minimum absolute atomic E-state index is 0.215. The molecule has 4 heteroatoms. The second kappa shape index (κ2) is 6.25. The summed E-state index contributed by atoms with van der Waals surface area (Å²) in [6.45, 7) is 4.67. The Morgan fingerprint density at radius 1 is 1.25 bits per heavy atom. The summed E-state index contributed by atoms with van der Waals surface area (Å²) in [5.41, 5.74) is 9.02. The zero-order chi connectivity index (χ0) is 14.7. The van der Waals surface area contributed by atoms with Crippen molar-refractivity contribution in [2.75, 3.05) is 11.9 Å². The third-order valence-corrected chi connectivity index (χ3v) is 3.78. The molecule has 2 rings (SSSR count). The Balaban J connectivity index is 2.28. The van der Waals surface area contributed by atoms with Gasteiger partial charge in [0.1, 0.15) is 5.82 Å². The van der Waals surface area contributed by atoms with Gasteiger partial charge in [-0.1, -0.05) is 23.7 Å². The molecule has 0 fully saturated rings. The van der Waals surface area contributed by atoms with E-state index in [0.717, 1.165) is 22.1 Å². The standard InChI is InChI=1S/C16H20ClN3/c1-11-8-13(10-18)9-16(19-11)20(3)12(2)14-4-6-15(17)7-5-14/h4-9,12H,10,18H2,1-3H3. The van der Waals surface area contributed by atoms with Crippen LogP contribution in [0.5, 0.6) is 0 Å². The van der Waals surface area contributed by atoms with Gasteiger partial charge in [0.2, 0.25) is 0 Å². The summed E-state index contributed by atoms with van der Waals surface area (Å²) < 4.78 is 0. The number of nitrogens with zero attached hydrogens (tertiary/aromatic N) is 2. The van der Waals surface area contributed by atoms with Crippen molar-refractivity contribution in [3.05, 3.63) is 58.2 Å². The Hall–Kier alpha value is -1.58. The van der Waals surface area contributed by atoms with Crippen molar-refractivity contribution in [3.63, 3.8) is 0 Å². The van der Waals surface area contributed by atoms with E-state index in [-0.39, 0.29) is 6.04 Å². The van der Waals surface area contributed by atoms with Crippen LogP contribution in [0.3, 0.4) is 0 Å². The van der Waals surface area contributed by atoms with Crippen LogP contribution in [-0.4, -0.2) is 12.0 Å². The molecule has 0 aliphatic heterocycles. The molecule has 0 spiro atoms. The van der Waals surface area contributed by atoms with E-state index in [4.69, 9.17) is 17.3 Å². The maximum absolute atomic E-state index is 5.93. The lowest BCUT2D eigenvalue weighted by Crippen LogP contribution is -2.23. The third kappa shape index (κ3) is 3.30. The SMILES string of the molecule is Cc1cc(CN)cc(N(C)C(C)c2ccc(Cl)cc2)n1. The second-order valence-electron chi connectivity index (χ2n) is 5.02. The number of nitrogens with two attached hydrogens (primary N) is 1. The van der Waals surface area contributed by atoms with Gasteiger partial charge in [0, 0.05) is 24.3 Å². The zero-order valence-electron chi connectivity index (χ0n) is 12.1. The maximum Gasteiger partial charge on any atom is 0.129 e. The first-order chi connectivity index (χ1) is 9.51. The van der Waals surface area contributed by atoms with Crippen molar-refractivity contribution >= 4 is 17.4 Å². The molecule has 0 bridgehead atoms. The van der Waals surface area contributed by atoms with Crippen LogP contribution in [0.15, 0.2) is 36.4 Å². The summed E-state index contributed by atoms with van der Waals surface area (Å²) >= 11 is 5.93. The number of benzene rings is 1. The van der Waals surface area contributed by atoms with Gasteiger partial charge in [0.05, 0.1) is 6.04 Å². The monoisotopic (exact) mass is 289 g/mol. The molecule has 1 heterocycles. The lowest BCUT2D eigenvalue weighted by atomic mass is 10.1. The fourth-order valence-corrected chi connectivity index (χ4v) is 2.31. The van der Waals surface area contributed by atoms with Crippen LogP contribution < -0.4 is 10.6 Å². The fourth-order valence-electron chi connectivity index (χ4n) is 2.18. The normalized spacial score (nSPS) is 12.2. The van der Waals surface area contributed by atoms with Crippen LogP contribution in [0.2, 0.25) is 5.02 Å². The second-order valence-corrected chi connectivity index (χ2v) is 5.45. The van der Waals surface area contributed by atoms with E-state index >= 15 is 0 Å². The molecule has 2 aromatic rings. The quantitative estimate of drug-likeness (QED) is 0.933. The summed E-state index contributed by atoms with van der Waals surface area (Å²) in [5.74, 6) is 0.938. The van der Waals surface area contributed by atoms with Crippen LogP contribution in [-0.2, 0) is 6.54 Å². The van der Waals surface area contributed by atoms with Crippen LogP contribution in [0, 0.1) is 6.92 Å². The molecular weight excluding hydrogens is 270 g/mol. The number of hydrogen-bond donors (Lipinski definition) is 1. The molecule has 106 valence electrons. The van der Waals surface area contributed by atoms with Crippen LogP contribution in [0.4, 0.5) is 5.82 Å². The molecular formula is C16H20ClN3. The minimum Gasteiger partial charge on any atom is -0.353 e. The number of aromatic nitrogens is 1. The van der Waals surface area contributed by atoms with Crippen LogP contribution >= 0.6 is 11.6 Å². The number of hydrogen-bond acceptors (Lipinski definition) is 3. The number of rotatable bonds is 4. The van der Waals surface area contributed by atoms with Crippen molar-refractivity contribution < 1.29 is 0 Å². The van der Waals surface area contributed by atoms with Gasteiger partial charge in [-0.05, 0) is 49.2 Å². The Kier molecular flexibility index (Phi) is 4.63. The topological polar surface area (TPSA) is 42.1 Å². The van der Waals surface area contributed by atoms with Crippen molar-refractivity contribution in [2.45, 2.75) is 26.4 Å². The van der Waals surface area contributed by atoms with Crippen molar-refractivity contribution in [1.82, 2.24) is 4.98 Å². The molecule has 20 heavy (non-hydrogen) atoms. The highest BCUT2D eigenvalue weighted by Gasteiger charge is 2.14. The molecule has 0 radical (unpaired) electrons. The van der Waals surface area contributed by atoms with Crippen molar-refractivity contribution in [1.29, 1.82) is 0 Å². The first-order valence-electron chi connectivity index (χ1n) is 6.67. The molecule has 1 aromatic heterocycles. The average molecular weight is 290 g/mol. The third-order valence-electron chi connectivity index (χ3n) is 3.53. The molecule has 1 unspecified atom stereocenters. The highest BCUT2D eigenvalue weighted by molar-refractivity contribution is 6.30. The van der Waals surface area contributed by atoms with E-state index in [1.165, 1.54) is 5.56 Å². The van der Waals surface area contributed by atoms with Gasteiger partial charge < -0.3 is 10.6 Å². The van der Waals surface area contributed by atoms with Gasteiger partial charge in [0.25, 0.3) is 0 Å². The van der Waals surface area contributed by atoms with E-state index < -0.39 is 0 Å². The maximum atomic E-state index is 5.93. The van der Waals surface area contributed by atoms with Crippen molar-refractivity contribution in [2.24, 2.45) is 5.73 Å². The molecule has 3 nitrogen and oxygen atoms in total. The first-order valence-corrected chi connectivity index (χ1v) is 7.05. The summed E-state index contributed by atoms with van der Waals surface area (Å²) in [6, 6.07) is 12.2. The molecule has 0 saturated carbocycles. The fraction of sp³-hybridized carbons (Fsp3) is 0.312. The molecule has 0 amide bonds. The molecule has 1 atom stereocenters. The number of pyridine rings is 1. The van der Waals surface area contributed by atoms with E-state index in [9.17, 15) is 0 Å². The van der Waals surface area contributed by atoms with E-state index in [1.807, 2.05) is 50.4 Å². The smallest absolute Gasteiger partial charge is 0.129 e. The van der Waals surface area contributed by atoms with E-state index in [1.54, 1.807) is 0 Å². The first kappa shape index (κ1) is 14.8. The van der Waals surface area contributed by atoms with Gasteiger partial charge >= 0.3 is 0 Å².